The van der Waals surface area contributed by atoms with Crippen molar-refractivity contribution in [3.05, 3.63) is 41.6 Å². The summed E-state index contributed by atoms with van der Waals surface area (Å²) in [6.07, 6.45) is 1.09. The van der Waals surface area contributed by atoms with Crippen LogP contribution < -0.4 is 10.6 Å². The Morgan fingerprint density at radius 2 is 2.00 bits per heavy atom. The van der Waals surface area contributed by atoms with Gasteiger partial charge in [-0.2, -0.15) is 4.98 Å². The van der Waals surface area contributed by atoms with Gasteiger partial charge in [-0.1, -0.05) is 26.0 Å². The number of nitrogens with zero attached hydrogens (tertiary/aromatic N) is 2. The Balaban J connectivity index is 2.12. The molecule has 0 atom stereocenters. The Labute approximate surface area is 137 Å². The van der Waals surface area contributed by atoms with E-state index >= 15 is 0 Å². The third-order valence-corrected chi connectivity index (χ3v) is 3.41. The fourth-order valence-corrected chi connectivity index (χ4v) is 2.15. The first-order valence-electron chi connectivity index (χ1n) is 7.91. The third kappa shape index (κ3) is 5.36. The molecule has 0 radical (unpaired) electrons. The average Bonchev–Trinajstić information content (AvgIpc) is 2.46. The van der Waals surface area contributed by atoms with Crippen LogP contribution in [0.15, 0.2) is 30.3 Å². The number of nitrogens with one attached hydrogen (secondary N) is 2. The van der Waals surface area contributed by atoms with Gasteiger partial charge in [-0.25, -0.2) is 4.98 Å². The van der Waals surface area contributed by atoms with Gasteiger partial charge in [0.1, 0.15) is 5.82 Å². The van der Waals surface area contributed by atoms with Crippen LogP contribution in [0, 0.1) is 12.8 Å². The van der Waals surface area contributed by atoms with E-state index in [0.29, 0.717) is 17.4 Å². The molecule has 0 unspecified atom stereocenters. The zero-order valence-electron chi connectivity index (χ0n) is 14.2. The Hall–Kier alpha value is -2.43. The molecule has 0 amide bonds. The van der Waals surface area contributed by atoms with E-state index in [-0.39, 0.29) is 5.78 Å². The van der Waals surface area contributed by atoms with Gasteiger partial charge in [0, 0.05) is 29.6 Å². The van der Waals surface area contributed by atoms with Crippen LogP contribution in [0.1, 0.15) is 43.2 Å². The van der Waals surface area contributed by atoms with Crippen molar-refractivity contribution in [1.29, 1.82) is 0 Å². The second kappa shape index (κ2) is 7.72. The fourth-order valence-electron chi connectivity index (χ4n) is 2.15. The molecule has 122 valence electrons. The molecule has 0 aliphatic carbocycles. The molecule has 0 bridgehead atoms. The van der Waals surface area contributed by atoms with E-state index in [0.717, 1.165) is 30.2 Å². The van der Waals surface area contributed by atoms with E-state index < -0.39 is 0 Å². The zero-order valence-corrected chi connectivity index (χ0v) is 14.2. The highest BCUT2D eigenvalue weighted by Gasteiger charge is 2.05. The monoisotopic (exact) mass is 312 g/mol. The predicted molar refractivity (Wildman–Crippen MR) is 94.4 cm³/mol. The molecule has 5 heteroatoms. The van der Waals surface area contributed by atoms with Crippen molar-refractivity contribution >= 4 is 23.2 Å². The van der Waals surface area contributed by atoms with Crippen LogP contribution in [0.3, 0.4) is 0 Å². The van der Waals surface area contributed by atoms with Crippen molar-refractivity contribution in [2.24, 2.45) is 5.92 Å². The van der Waals surface area contributed by atoms with Gasteiger partial charge >= 0.3 is 0 Å². The molecule has 2 aromatic rings. The molecular formula is C18H24N4O. The summed E-state index contributed by atoms with van der Waals surface area (Å²) in [5, 5.41) is 6.49. The van der Waals surface area contributed by atoms with Crippen molar-refractivity contribution in [3.8, 4) is 0 Å². The van der Waals surface area contributed by atoms with Gasteiger partial charge in [-0.3, -0.25) is 4.79 Å². The first kappa shape index (κ1) is 16.9. The summed E-state index contributed by atoms with van der Waals surface area (Å²) in [7, 11) is 0. The van der Waals surface area contributed by atoms with Crippen LogP contribution in [0.25, 0.3) is 0 Å². The number of rotatable bonds is 7. The van der Waals surface area contributed by atoms with Crippen LogP contribution in [-0.2, 0) is 0 Å². The first-order valence-corrected chi connectivity index (χ1v) is 7.91. The molecule has 0 fully saturated rings. The van der Waals surface area contributed by atoms with Gasteiger partial charge in [-0.05, 0) is 38.3 Å². The highest BCUT2D eigenvalue weighted by atomic mass is 16.1. The van der Waals surface area contributed by atoms with E-state index in [1.165, 1.54) is 0 Å². The number of carbonyl (C=O) groups is 1. The maximum Gasteiger partial charge on any atom is 0.229 e. The minimum absolute atomic E-state index is 0.0369. The van der Waals surface area contributed by atoms with Crippen LogP contribution in [0.4, 0.5) is 17.5 Å². The number of ketones is 1. The normalized spacial score (nSPS) is 10.7. The molecule has 2 rings (SSSR count). The standard InChI is InChI=1S/C18H24N4O/c1-12(2)8-9-19-17-10-13(3)20-18(22-17)21-16-7-5-6-15(11-16)14(4)23/h5-7,10-12H,8-9H2,1-4H3,(H2,19,20,21,22). The largest absolute Gasteiger partial charge is 0.370 e. The van der Waals surface area contributed by atoms with Gasteiger partial charge in [0.15, 0.2) is 5.78 Å². The van der Waals surface area contributed by atoms with E-state index in [4.69, 9.17) is 0 Å². The Kier molecular flexibility index (Phi) is 5.68. The lowest BCUT2D eigenvalue weighted by atomic mass is 10.1. The summed E-state index contributed by atoms with van der Waals surface area (Å²) in [6.45, 7) is 8.77. The first-order chi connectivity index (χ1) is 10.9. The summed E-state index contributed by atoms with van der Waals surface area (Å²) in [5.41, 5.74) is 2.35. The van der Waals surface area contributed by atoms with Crippen molar-refractivity contribution in [2.75, 3.05) is 17.2 Å². The second-order valence-electron chi connectivity index (χ2n) is 6.09. The molecule has 0 saturated carbocycles. The van der Waals surface area contributed by atoms with Gasteiger partial charge < -0.3 is 10.6 Å². The summed E-state index contributed by atoms with van der Waals surface area (Å²) in [5.74, 6) is 2.02. The smallest absolute Gasteiger partial charge is 0.229 e. The molecule has 1 heterocycles. The van der Waals surface area contributed by atoms with E-state index in [1.807, 2.05) is 25.1 Å². The molecule has 0 aliphatic heterocycles. The summed E-state index contributed by atoms with van der Waals surface area (Å²) >= 11 is 0. The van der Waals surface area contributed by atoms with Crippen molar-refractivity contribution < 1.29 is 4.79 Å². The molecular weight excluding hydrogens is 288 g/mol. The van der Waals surface area contributed by atoms with Crippen molar-refractivity contribution in [2.45, 2.75) is 34.1 Å². The van der Waals surface area contributed by atoms with Crippen LogP contribution in [0.2, 0.25) is 0 Å². The lowest BCUT2D eigenvalue weighted by Crippen LogP contribution is -2.08. The molecule has 23 heavy (non-hydrogen) atoms. The molecule has 0 aliphatic rings. The molecule has 5 nitrogen and oxygen atoms in total. The number of aromatic nitrogens is 2. The number of hydrogen-bond donors (Lipinski definition) is 2. The number of benzene rings is 1. The molecule has 1 aromatic heterocycles. The third-order valence-electron chi connectivity index (χ3n) is 3.41. The minimum Gasteiger partial charge on any atom is -0.370 e. The van der Waals surface area contributed by atoms with E-state index in [2.05, 4.69) is 34.4 Å². The number of aryl methyl sites for hydroxylation is 1. The van der Waals surface area contributed by atoms with Gasteiger partial charge in [-0.15, -0.1) is 0 Å². The molecule has 2 N–H and O–H groups in total. The number of Topliss-reactive ketones (excluding diaryl/α,β-unsaturated/α-hetero) is 1. The number of hydrogen-bond acceptors (Lipinski definition) is 5. The quantitative estimate of drug-likeness (QED) is 0.750. The number of carbonyl (C=O) groups excluding carboxylic acids is 1. The number of anilines is 3. The van der Waals surface area contributed by atoms with Gasteiger partial charge in [0.2, 0.25) is 5.95 Å². The van der Waals surface area contributed by atoms with Crippen molar-refractivity contribution in [1.82, 2.24) is 9.97 Å². The Morgan fingerprint density at radius 3 is 2.70 bits per heavy atom. The zero-order chi connectivity index (χ0) is 16.8. The summed E-state index contributed by atoms with van der Waals surface area (Å²) in [4.78, 5) is 20.3. The lowest BCUT2D eigenvalue weighted by molar-refractivity contribution is 0.101. The minimum atomic E-state index is 0.0369. The lowest BCUT2D eigenvalue weighted by Gasteiger charge is -2.11. The second-order valence-corrected chi connectivity index (χ2v) is 6.09. The summed E-state index contributed by atoms with van der Waals surface area (Å²) < 4.78 is 0. The average molecular weight is 312 g/mol. The van der Waals surface area contributed by atoms with Gasteiger partial charge in [0.05, 0.1) is 0 Å². The highest BCUT2D eigenvalue weighted by Crippen LogP contribution is 2.17. The summed E-state index contributed by atoms with van der Waals surface area (Å²) in [6, 6.07) is 9.27. The fraction of sp³-hybridized carbons (Fsp3) is 0.389. The SMILES string of the molecule is CC(=O)c1cccc(Nc2nc(C)cc(NCCC(C)C)n2)c1. The maximum absolute atomic E-state index is 11.5. The predicted octanol–water partition coefficient (Wildman–Crippen LogP) is 4.19. The Bertz CT molecular complexity index is 682. The maximum atomic E-state index is 11.5. The molecule has 0 spiro atoms. The molecule has 0 saturated heterocycles. The van der Waals surface area contributed by atoms with Crippen LogP contribution in [-0.4, -0.2) is 22.3 Å². The van der Waals surface area contributed by atoms with Gasteiger partial charge in [0.25, 0.3) is 0 Å². The van der Waals surface area contributed by atoms with E-state index in [1.54, 1.807) is 19.1 Å². The topological polar surface area (TPSA) is 66.9 Å². The highest BCUT2D eigenvalue weighted by molar-refractivity contribution is 5.95. The van der Waals surface area contributed by atoms with Crippen molar-refractivity contribution in [3.63, 3.8) is 0 Å². The Morgan fingerprint density at radius 1 is 1.22 bits per heavy atom. The van der Waals surface area contributed by atoms with Crippen LogP contribution in [0.5, 0.6) is 0 Å². The van der Waals surface area contributed by atoms with Crippen LogP contribution >= 0.6 is 0 Å². The van der Waals surface area contributed by atoms with E-state index in [9.17, 15) is 4.79 Å². The molecule has 1 aromatic carbocycles.